The van der Waals surface area contributed by atoms with Gasteiger partial charge in [-0.2, -0.15) is 0 Å². The van der Waals surface area contributed by atoms with Crippen LogP contribution in [-0.2, 0) is 36.7 Å². The molecule has 9 heteroatoms. The second-order valence-corrected chi connectivity index (χ2v) is 11.2. The molecular formula is C31H42N2O7. The third kappa shape index (κ3) is 11.9. The molecule has 0 radical (unpaired) electrons. The third-order valence-corrected chi connectivity index (χ3v) is 5.87. The Kier molecular flexibility index (Phi) is 12.2. The van der Waals surface area contributed by atoms with E-state index in [1.807, 2.05) is 36.4 Å². The number of benzene rings is 2. The van der Waals surface area contributed by atoms with Gasteiger partial charge in [-0.15, -0.1) is 0 Å². The van der Waals surface area contributed by atoms with Crippen LogP contribution in [0.1, 0.15) is 77.1 Å². The third-order valence-electron chi connectivity index (χ3n) is 5.87. The van der Waals surface area contributed by atoms with Crippen molar-refractivity contribution in [2.75, 3.05) is 7.11 Å². The molecule has 2 atom stereocenters. The topological polar surface area (TPSA) is 120 Å². The highest BCUT2D eigenvalue weighted by molar-refractivity contribution is 5.81. The number of alkyl carbamates (subject to hydrolysis) is 1. The molecule has 0 fully saturated rings. The molecule has 0 aliphatic carbocycles. The van der Waals surface area contributed by atoms with Crippen LogP contribution in [-0.4, -0.2) is 42.7 Å². The quantitative estimate of drug-likeness (QED) is 0.278. The van der Waals surface area contributed by atoms with Crippen LogP contribution in [0.25, 0.3) is 0 Å². The average molecular weight is 555 g/mol. The maximum atomic E-state index is 12.8. The number of carbonyl (C=O) groups is 4. The zero-order chi connectivity index (χ0) is 29.9. The molecule has 0 spiro atoms. The summed E-state index contributed by atoms with van der Waals surface area (Å²) in [5.41, 5.74) is 2.06. The van der Waals surface area contributed by atoms with E-state index in [0.717, 1.165) is 23.1 Å². The maximum Gasteiger partial charge on any atom is 0.408 e. The lowest BCUT2D eigenvalue weighted by Crippen LogP contribution is -2.45. The van der Waals surface area contributed by atoms with Crippen molar-refractivity contribution in [1.82, 2.24) is 10.6 Å². The molecule has 2 amide bonds. The molecule has 0 aliphatic heterocycles. The molecular weight excluding hydrogens is 512 g/mol. The Hall–Kier alpha value is -3.88. The Labute approximate surface area is 237 Å². The van der Waals surface area contributed by atoms with Crippen molar-refractivity contribution in [2.24, 2.45) is 5.92 Å². The Morgan fingerprint density at radius 1 is 0.875 bits per heavy atom. The number of hydrogen-bond acceptors (Lipinski definition) is 7. The molecule has 2 rings (SSSR count). The highest BCUT2D eigenvalue weighted by atomic mass is 16.6. The number of aryl methyl sites for hydroxylation is 1. The summed E-state index contributed by atoms with van der Waals surface area (Å²) in [6.07, 6.45) is 1.17. The Morgan fingerprint density at radius 3 is 2.00 bits per heavy atom. The van der Waals surface area contributed by atoms with Crippen molar-refractivity contribution < 1.29 is 33.4 Å². The summed E-state index contributed by atoms with van der Waals surface area (Å²) in [6.45, 7) is 10.8. The fourth-order valence-corrected chi connectivity index (χ4v) is 4.07. The zero-order valence-electron chi connectivity index (χ0n) is 24.5. The molecule has 0 heterocycles. The molecule has 0 saturated heterocycles. The molecule has 0 aromatic heterocycles. The lowest BCUT2D eigenvalue weighted by molar-refractivity contribution is -0.143. The largest absolute Gasteiger partial charge is 0.467 e. The van der Waals surface area contributed by atoms with Crippen LogP contribution in [0.3, 0.4) is 0 Å². The summed E-state index contributed by atoms with van der Waals surface area (Å²) >= 11 is 0. The number of amides is 2. The first-order valence-electron chi connectivity index (χ1n) is 13.5. The minimum Gasteiger partial charge on any atom is -0.467 e. The van der Waals surface area contributed by atoms with Crippen molar-refractivity contribution in [3.05, 3.63) is 65.2 Å². The van der Waals surface area contributed by atoms with Gasteiger partial charge in [0.1, 0.15) is 17.4 Å². The fraction of sp³-hybridized carbons (Fsp3) is 0.484. The van der Waals surface area contributed by atoms with Gasteiger partial charge in [-0.05, 0) is 68.4 Å². The normalized spacial score (nSPS) is 12.7. The van der Waals surface area contributed by atoms with Gasteiger partial charge in [0.05, 0.1) is 13.2 Å². The van der Waals surface area contributed by atoms with Crippen LogP contribution in [0.15, 0.2) is 48.5 Å². The van der Waals surface area contributed by atoms with Crippen LogP contribution >= 0.6 is 0 Å². The minimum atomic E-state index is -0.891. The molecule has 0 saturated carbocycles. The number of hydrogen-bond donors (Lipinski definition) is 2. The van der Waals surface area contributed by atoms with Gasteiger partial charge in [-0.3, -0.25) is 9.59 Å². The fourth-order valence-electron chi connectivity index (χ4n) is 4.07. The molecule has 40 heavy (non-hydrogen) atoms. The first-order chi connectivity index (χ1) is 18.8. The van der Waals surface area contributed by atoms with E-state index in [-0.39, 0.29) is 24.3 Å². The standard InChI is InChI=1S/C31H42N2O7/c1-20(2)18-26(24-13-15-25(16-14-24)39-21(3)34)32-28(35)17-12-22-8-10-23(11-9-22)19-27(29(36)38-7)33-30(37)40-31(4,5)6/h8-11,13-16,20,26-27H,12,17-19H2,1-7H3,(H,32,35)(H,33,37). The predicted octanol–water partition coefficient (Wildman–Crippen LogP) is 5.06. The Bertz CT molecular complexity index is 1140. The maximum absolute atomic E-state index is 12.8. The summed E-state index contributed by atoms with van der Waals surface area (Å²) in [6, 6.07) is 13.7. The van der Waals surface area contributed by atoms with Gasteiger partial charge in [0.15, 0.2) is 0 Å². The Balaban J connectivity index is 1.96. The Morgan fingerprint density at radius 2 is 1.48 bits per heavy atom. The SMILES string of the molecule is COC(=O)C(Cc1ccc(CCC(=O)NC(CC(C)C)c2ccc(OC(C)=O)cc2)cc1)NC(=O)OC(C)(C)C. The second-order valence-electron chi connectivity index (χ2n) is 11.2. The summed E-state index contributed by atoms with van der Waals surface area (Å²) in [5, 5.41) is 5.71. The number of carbonyl (C=O) groups excluding carboxylic acids is 4. The number of ether oxygens (including phenoxy) is 3. The van der Waals surface area contributed by atoms with Crippen molar-refractivity contribution in [2.45, 2.75) is 84.9 Å². The van der Waals surface area contributed by atoms with Crippen LogP contribution in [0.5, 0.6) is 5.75 Å². The number of rotatable bonds is 12. The molecule has 2 unspecified atom stereocenters. The molecule has 9 nitrogen and oxygen atoms in total. The van der Waals surface area contributed by atoms with Crippen LogP contribution < -0.4 is 15.4 Å². The van der Waals surface area contributed by atoms with E-state index < -0.39 is 23.7 Å². The van der Waals surface area contributed by atoms with Gasteiger partial charge < -0.3 is 24.8 Å². The highest BCUT2D eigenvalue weighted by Gasteiger charge is 2.25. The number of methoxy groups -OCH3 is 1. The van der Waals surface area contributed by atoms with Crippen molar-refractivity contribution in [3.63, 3.8) is 0 Å². The second kappa shape index (κ2) is 15.1. The van der Waals surface area contributed by atoms with Gasteiger partial charge in [0.2, 0.25) is 5.91 Å². The van der Waals surface area contributed by atoms with Crippen LogP contribution in [0, 0.1) is 5.92 Å². The first-order valence-corrected chi connectivity index (χ1v) is 13.5. The van der Waals surface area contributed by atoms with Gasteiger partial charge in [-0.25, -0.2) is 9.59 Å². The van der Waals surface area contributed by atoms with E-state index in [4.69, 9.17) is 14.2 Å². The molecule has 2 aromatic rings. The summed E-state index contributed by atoms with van der Waals surface area (Å²) in [4.78, 5) is 48.4. The first kappa shape index (κ1) is 32.3. The minimum absolute atomic E-state index is 0.0638. The van der Waals surface area contributed by atoms with Gasteiger partial charge in [-0.1, -0.05) is 50.2 Å². The van der Waals surface area contributed by atoms with Crippen LogP contribution in [0.2, 0.25) is 0 Å². The van der Waals surface area contributed by atoms with Crippen LogP contribution in [0.4, 0.5) is 4.79 Å². The van der Waals surface area contributed by atoms with Gasteiger partial charge in [0, 0.05) is 19.8 Å². The van der Waals surface area contributed by atoms with E-state index in [9.17, 15) is 19.2 Å². The summed E-state index contributed by atoms with van der Waals surface area (Å²) in [7, 11) is 1.27. The molecule has 0 bridgehead atoms. The summed E-state index contributed by atoms with van der Waals surface area (Å²) in [5.74, 6) is -0.180. The average Bonchev–Trinajstić information content (AvgIpc) is 2.85. The van der Waals surface area contributed by atoms with E-state index in [1.165, 1.54) is 14.0 Å². The monoisotopic (exact) mass is 554 g/mol. The highest BCUT2D eigenvalue weighted by Crippen LogP contribution is 2.24. The lowest BCUT2D eigenvalue weighted by Gasteiger charge is -2.22. The van der Waals surface area contributed by atoms with E-state index in [1.54, 1.807) is 32.9 Å². The molecule has 2 N–H and O–H groups in total. The van der Waals surface area contributed by atoms with Crippen molar-refractivity contribution in [1.29, 1.82) is 0 Å². The van der Waals surface area contributed by atoms with Gasteiger partial charge >= 0.3 is 18.0 Å². The zero-order valence-corrected chi connectivity index (χ0v) is 24.5. The van der Waals surface area contributed by atoms with Crippen molar-refractivity contribution >= 4 is 23.9 Å². The van der Waals surface area contributed by atoms with E-state index in [0.29, 0.717) is 24.5 Å². The smallest absolute Gasteiger partial charge is 0.408 e. The van der Waals surface area contributed by atoms with E-state index >= 15 is 0 Å². The molecule has 2 aromatic carbocycles. The molecule has 218 valence electrons. The number of nitrogens with one attached hydrogen (secondary N) is 2. The molecule has 0 aliphatic rings. The van der Waals surface area contributed by atoms with Gasteiger partial charge in [0.25, 0.3) is 0 Å². The number of esters is 2. The lowest BCUT2D eigenvalue weighted by atomic mass is 9.96. The predicted molar refractivity (Wildman–Crippen MR) is 152 cm³/mol. The van der Waals surface area contributed by atoms with E-state index in [2.05, 4.69) is 24.5 Å². The summed E-state index contributed by atoms with van der Waals surface area (Å²) < 4.78 is 15.2. The van der Waals surface area contributed by atoms with Crippen molar-refractivity contribution in [3.8, 4) is 5.75 Å².